The lowest BCUT2D eigenvalue weighted by Gasteiger charge is -2.27. The van der Waals surface area contributed by atoms with Gasteiger partial charge < -0.3 is 21.3 Å². The molecule has 10 nitrogen and oxygen atoms in total. The summed E-state index contributed by atoms with van der Waals surface area (Å²) in [5.41, 5.74) is 1.86. The quantitative estimate of drug-likeness (QED) is 0.109. The van der Waals surface area contributed by atoms with Gasteiger partial charge in [-0.1, -0.05) is 99.2 Å². The highest BCUT2D eigenvalue weighted by atomic mass is 16.2. The second-order valence-electron chi connectivity index (χ2n) is 15.6. The molecule has 0 spiro atoms. The van der Waals surface area contributed by atoms with Crippen molar-refractivity contribution in [3.8, 4) is 11.1 Å². The summed E-state index contributed by atoms with van der Waals surface area (Å²) in [6, 6.07) is 19.5. The van der Waals surface area contributed by atoms with Gasteiger partial charge in [-0.05, 0) is 73.9 Å². The van der Waals surface area contributed by atoms with Crippen molar-refractivity contribution in [1.82, 2.24) is 10.6 Å². The minimum Gasteiger partial charge on any atom is -0.324 e. The highest BCUT2D eigenvalue weighted by Crippen LogP contribution is 2.43. The summed E-state index contributed by atoms with van der Waals surface area (Å²) in [5.74, 6) is -1.41. The molecule has 0 aromatic heterocycles. The van der Waals surface area contributed by atoms with Gasteiger partial charge in [-0.2, -0.15) is 0 Å². The first-order valence-corrected chi connectivity index (χ1v) is 20.0. The van der Waals surface area contributed by atoms with Crippen molar-refractivity contribution in [3.05, 3.63) is 117 Å². The van der Waals surface area contributed by atoms with Crippen LogP contribution in [0.15, 0.2) is 72.8 Å². The van der Waals surface area contributed by atoms with Gasteiger partial charge in [0, 0.05) is 33.4 Å². The fourth-order valence-corrected chi connectivity index (χ4v) is 9.05. The SMILES string of the molecule is O=C(CNCC1CCCCC1)Nc1ccc(-c2ccc(NC(=O)CNCC3CCCCC3)c3c2C(=O)c2ccccc2C3=O)c2c1C(=O)c1ccccc1C2=O. The Kier molecular flexibility index (Phi) is 10.8. The fraction of sp³-hybridized carbons (Fsp3) is 0.348. The normalized spacial score (nSPS) is 16.8. The second-order valence-corrected chi connectivity index (χ2v) is 15.6. The number of rotatable bonds is 11. The van der Waals surface area contributed by atoms with Crippen molar-refractivity contribution in [3.63, 3.8) is 0 Å². The summed E-state index contributed by atoms with van der Waals surface area (Å²) in [6.07, 6.45) is 11.8. The van der Waals surface area contributed by atoms with Crippen molar-refractivity contribution < 1.29 is 28.8 Å². The lowest BCUT2D eigenvalue weighted by atomic mass is 9.75. The van der Waals surface area contributed by atoms with E-state index in [2.05, 4.69) is 21.3 Å². The summed E-state index contributed by atoms with van der Waals surface area (Å²) in [5, 5.41) is 12.3. The van der Waals surface area contributed by atoms with E-state index in [0.29, 0.717) is 11.8 Å². The number of hydrogen-bond donors (Lipinski definition) is 4. The van der Waals surface area contributed by atoms with Crippen LogP contribution in [0.1, 0.15) is 128 Å². The van der Waals surface area contributed by atoms with Crippen LogP contribution in [0.5, 0.6) is 0 Å². The number of carbonyl (C=O) groups is 6. The molecule has 0 atom stereocenters. The minimum atomic E-state index is -0.443. The predicted molar refractivity (Wildman–Crippen MR) is 215 cm³/mol. The molecule has 4 aliphatic rings. The van der Waals surface area contributed by atoms with E-state index in [9.17, 15) is 28.8 Å². The number of nitrogens with one attached hydrogen (secondary N) is 4. The van der Waals surface area contributed by atoms with E-state index in [4.69, 9.17) is 0 Å². The van der Waals surface area contributed by atoms with Crippen LogP contribution in [-0.4, -0.2) is 61.1 Å². The number of hydrogen-bond acceptors (Lipinski definition) is 8. The summed E-state index contributed by atoms with van der Waals surface area (Å²) < 4.78 is 0. The average molecular weight is 751 g/mol. The lowest BCUT2D eigenvalue weighted by Crippen LogP contribution is -2.33. The second kappa shape index (κ2) is 16.3. The largest absolute Gasteiger partial charge is 0.324 e. The highest BCUT2D eigenvalue weighted by Gasteiger charge is 2.38. The fourth-order valence-electron chi connectivity index (χ4n) is 9.05. The molecule has 4 N–H and O–H groups in total. The van der Waals surface area contributed by atoms with Gasteiger partial charge in [0.15, 0.2) is 23.1 Å². The van der Waals surface area contributed by atoms with Gasteiger partial charge in [0.1, 0.15) is 0 Å². The summed E-state index contributed by atoms with van der Waals surface area (Å²) >= 11 is 0. The summed E-state index contributed by atoms with van der Waals surface area (Å²) in [7, 11) is 0. The maximum Gasteiger partial charge on any atom is 0.238 e. The van der Waals surface area contributed by atoms with E-state index in [0.717, 1.165) is 38.8 Å². The van der Waals surface area contributed by atoms with Crippen LogP contribution in [0.25, 0.3) is 11.1 Å². The first-order valence-electron chi connectivity index (χ1n) is 20.0. The Hall–Kier alpha value is -5.58. The molecule has 0 bridgehead atoms. The molecule has 8 rings (SSSR count). The maximum atomic E-state index is 14.5. The van der Waals surface area contributed by atoms with Gasteiger partial charge in [-0.15, -0.1) is 0 Å². The van der Waals surface area contributed by atoms with Crippen molar-refractivity contribution in [1.29, 1.82) is 0 Å². The molecule has 2 saturated carbocycles. The van der Waals surface area contributed by atoms with E-state index in [1.54, 1.807) is 72.8 Å². The molecule has 0 unspecified atom stereocenters. The molecule has 10 heteroatoms. The van der Waals surface area contributed by atoms with Crippen LogP contribution in [0.3, 0.4) is 0 Å². The van der Waals surface area contributed by atoms with E-state index in [-0.39, 0.29) is 91.9 Å². The molecule has 2 fully saturated rings. The molecule has 0 saturated heterocycles. The number of carbonyl (C=O) groups excluding carboxylic acids is 6. The Morgan fingerprint density at radius 2 is 0.768 bits per heavy atom. The van der Waals surface area contributed by atoms with E-state index >= 15 is 0 Å². The number of amides is 2. The molecule has 2 amide bonds. The third-order valence-electron chi connectivity index (χ3n) is 11.9. The van der Waals surface area contributed by atoms with Gasteiger partial charge >= 0.3 is 0 Å². The van der Waals surface area contributed by atoms with Crippen molar-refractivity contribution in [2.75, 3.05) is 36.8 Å². The zero-order chi connectivity index (χ0) is 38.8. The van der Waals surface area contributed by atoms with Crippen LogP contribution in [0.4, 0.5) is 11.4 Å². The van der Waals surface area contributed by atoms with Crippen LogP contribution in [-0.2, 0) is 9.59 Å². The third kappa shape index (κ3) is 7.27. The van der Waals surface area contributed by atoms with E-state index < -0.39 is 23.1 Å². The third-order valence-corrected chi connectivity index (χ3v) is 11.9. The lowest BCUT2D eigenvalue weighted by molar-refractivity contribution is -0.116. The number of fused-ring (bicyclic) bond motifs is 4. The predicted octanol–water partition coefficient (Wildman–Crippen LogP) is 7.12. The Morgan fingerprint density at radius 1 is 0.429 bits per heavy atom. The molecule has 0 heterocycles. The summed E-state index contributed by atoms with van der Waals surface area (Å²) in [4.78, 5) is 84.1. The number of benzene rings is 4. The van der Waals surface area contributed by atoms with Crippen molar-refractivity contribution in [2.24, 2.45) is 11.8 Å². The average Bonchev–Trinajstić information content (AvgIpc) is 3.22. The van der Waals surface area contributed by atoms with Crippen molar-refractivity contribution >= 4 is 46.3 Å². The maximum absolute atomic E-state index is 14.5. The van der Waals surface area contributed by atoms with E-state index in [1.165, 1.54) is 38.5 Å². The first-order chi connectivity index (χ1) is 27.3. The minimum absolute atomic E-state index is 0.0250. The van der Waals surface area contributed by atoms with Crippen LogP contribution < -0.4 is 21.3 Å². The smallest absolute Gasteiger partial charge is 0.238 e. The molecule has 4 aromatic rings. The van der Waals surface area contributed by atoms with Gasteiger partial charge in [0.2, 0.25) is 11.8 Å². The topological polar surface area (TPSA) is 151 Å². The molecule has 56 heavy (non-hydrogen) atoms. The first kappa shape index (κ1) is 37.3. The van der Waals surface area contributed by atoms with Gasteiger partial charge in [0.25, 0.3) is 0 Å². The highest BCUT2D eigenvalue weighted by molar-refractivity contribution is 6.35. The Bertz CT molecular complexity index is 2110. The van der Waals surface area contributed by atoms with Gasteiger partial charge in [-0.25, -0.2) is 0 Å². The Labute approximate surface area is 326 Å². The van der Waals surface area contributed by atoms with Crippen LogP contribution in [0, 0.1) is 11.8 Å². The van der Waals surface area contributed by atoms with Crippen molar-refractivity contribution in [2.45, 2.75) is 64.2 Å². The molecular weight excluding hydrogens is 705 g/mol. The number of anilines is 2. The molecule has 0 radical (unpaired) electrons. The molecule has 286 valence electrons. The Balaban J connectivity index is 1.17. The van der Waals surface area contributed by atoms with Gasteiger partial charge in [-0.3, -0.25) is 28.8 Å². The molecule has 4 aliphatic carbocycles. The van der Waals surface area contributed by atoms with Crippen LogP contribution >= 0.6 is 0 Å². The van der Waals surface area contributed by atoms with E-state index in [1.807, 2.05) is 0 Å². The molecular formula is C46H46N4O6. The monoisotopic (exact) mass is 750 g/mol. The standard InChI is InChI=1S/C46H46N4O6/c51-37(25-47-23-27-11-3-1-4-12-27)49-35-21-19-29(39-41(35)45(55)33-17-9-7-15-31(33)43(39)53)30-20-22-36(50-38(52)26-48-24-28-13-5-2-6-14-28)42-40(30)44(54)32-16-8-10-18-34(32)46(42)56/h7-10,15-22,27-28,47-48H,1-6,11-14,23-26H2,(H,49,51)(H,50,52). The zero-order valence-electron chi connectivity index (χ0n) is 31.4. The zero-order valence-corrected chi connectivity index (χ0v) is 31.4. The number of ketones is 4. The summed E-state index contributed by atoms with van der Waals surface area (Å²) in [6.45, 7) is 1.53. The molecule has 0 aliphatic heterocycles. The van der Waals surface area contributed by atoms with Crippen LogP contribution in [0.2, 0.25) is 0 Å². The molecule has 4 aromatic carbocycles. The Morgan fingerprint density at radius 3 is 1.12 bits per heavy atom. The van der Waals surface area contributed by atoms with Gasteiger partial charge in [0.05, 0.1) is 35.6 Å².